The fraction of sp³-hybridized carbons (Fsp3) is 0.429. The van der Waals surface area contributed by atoms with E-state index in [0.29, 0.717) is 13.0 Å². The lowest BCUT2D eigenvalue weighted by Gasteiger charge is -2.31. The predicted octanol–water partition coefficient (Wildman–Crippen LogP) is 3.10. The van der Waals surface area contributed by atoms with Crippen LogP contribution in [-0.2, 0) is 17.8 Å². The number of carbonyl (C=O) groups excluding carboxylic acids is 1. The third kappa shape index (κ3) is 5.13. The van der Waals surface area contributed by atoms with Gasteiger partial charge in [0.05, 0.1) is 18.7 Å². The van der Waals surface area contributed by atoms with E-state index in [0.717, 1.165) is 43.6 Å². The van der Waals surface area contributed by atoms with E-state index in [-0.39, 0.29) is 11.9 Å². The zero-order chi connectivity index (χ0) is 17.5. The summed E-state index contributed by atoms with van der Waals surface area (Å²) in [6, 6.07) is 14.4. The van der Waals surface area contributed by atoms with Gasteiger partial charge in [0.25, 0.3) is 0 Å². The topological polar surface area (TPSA) is 45.2 Å². The zero-order valence-corrected chi connectivity index (χ0v) is 14.9. The fourth-order valence-electron chi connectivity index (χ4n) is 3.38. The van der Waals surface area contributed by atoms with Crippen molar-refractivity contribution in [2.45, 2.75) is 45.2 Å². The largest absolute Gasteiger partial charge is 0.333 e. The number of benzene rings is 1. The van der Waals surface area contributed by atoms with E-state index in [1.54, 1.807) is 6.20 Å². The summed E-state index contributed by atoms with van der Waals surface area (Å²) in [5.41, 5.74) is 3.25. The molecule has 0 radical (unpaired) electrons. The minimum absolute atomic E-state index is 0.196. The first-order valence-corrected chi connectivity index (χ1v) is 9.18. The van der Waals surface area contributed by atoms with Crippen molar-refractivity contribution in [3.05, 3.63) is 65.5 Å². The van der Waals surface area contributed by atoms with Gasteiger partial charge in [0, 0.05) is 12.2 Å². The highest BCUT2D eigenvalue weighted by Gasteiger charge is 2.25. The summed E-state index contributed by atoms with van der Waals surface area (Å²) in [5.74, 6) is 0.196. The highest BCUT2D eigenvalue weighted by Crippen LogP contribution is 2.18. The molecule has 1 N–H and O–H groups in total. The predicted molar refractivity (Wildman–Crippen MR) is 100 cm³/mol. The molecule has 0 aliphatic carbocycles. The second-order valence-electron chi connectivity index (χ2n) is 6.84. The minimum Gasteiger partial charge on any atom is -0.333 e. The summed E-state index contributed by atoms with van der Waals surface area (Å²) in [5, 5.41) is 3.44. The molecule has 1 aliphatic rings. The maximum atomic E-state index is 13.1. The summed E-state index contributed by atoms with van der Waals surface area (Å²) in [6.07, 6.45) is 5.43. The number of aromatic nitrogens is 1. The quantitative estimate of drug-likeness (QED) is 0.912. The molecule has 1 aromatic heterocycles. The molecule has 1 aliphatic heterocycles. The van der Waals surface area contributed by atoms with Crippen molar-refractivity contribution in [1.82, 2.24) is 15.2 Å². The Kier molecular flexibility index (Phi) is 6.18. The average molecular weight is 337 g/mol. The second kappa shape index (κ2) is 8.77. The van der Waals surface area contributed by atoms with Crippen molar-refractivity contribution in [3.8, 4) is 0 Å². The first-order valence-electron chi connectivity index (χ1n) is 9.18. The highest BCUT2D eigenvalue weighted by atomic mass is 16.2. The molecule has 0 spiro atoms. The molecule has 1 amide bonds. The number of nitrogens with one attached hydrogen (secondary N) is 1. The molecule has 1 saturated heterocycles. The monoisotopic (exact) mass is 337 g/mol. The number of rotatable bonds is 5. The van der Waals surface area contributed by atoms with Gasteiger partial charge in [0.15, 0.2) is 0 Å². The molecule has 2 heterocycles. The number of hydrogen-bond donors (Lipinski definition) is 1. The van der Waals surface area contributed by atoms with E-state index in [2.05, 4.69) is 46.4 Å². The highest BCUT2D eigenvalue weighted by molar-refractivity contribution is 5.79. The molecule has 4 nitrogen and oxygen atoms in total. The summed E-state index contributed by atoms with van der Waals surface area (Å²) in [4.78, 5) is 19.6. The molecule has 132 valence electrons. The van der Waals surface area contributed by atoms with Crippen molar-refractivity contribution >= 4 is 5.91 Å². The van der Waals surface area contributed by atoms with Crippen molar-refractivity contribution in [1.29, 1.82) is 0 Å². The Labute approximate surface area is 150 Å². The number of nitrogens with zero attached hydrogens (tertiary/aromatic N) is 2. The smallest absolute Gasteiger partial charge is 0.227 e. The van der Waals surface area contributed by atoms with Gasteiger partial charge in [-0.3, -0.25) is 9.78 Å². The third-order valence-corrected chi connectivity index (χ3v) is 4.84. The Morgan fingerprint density at radius 1 is 1.16 bits per heavy atom. The van der Waals surface area contributed by atoms with E-state index in [1.165, 1.54) is 5.56 Å². The summed E-state index contributed by atoms with van der Waals surface area (Å²) in [6.45, 7) is 4.68. The number of carbonyl (C=O) groups is 1. The lowest BCUT2D eigenvalue weighted by atomic mass is 10.0. The molecule has 4 heteroatoms. The lowest BCUT2D eigenvalue weighted by molar-refractivity contribution is -0.133. The Bertz CT molecular complexity index is 661. The van der Waals surface area contributed by atoms with Gasteiger partial charge in [-0.25, -0.2) is 0 Å². The standard InChI is InChI=1S/C21H27N3O/c1-17-7-9-18(10-8-17)15-21(25)24(16-19-5-2-3-13-23-19)20-6-4-12-22-14-11-20/h2-3,5,7-10,13,20,22H,4,6,11-12,14-16H2,1H3. The Morgan fingerprint density at radius 2 is 2.00 bits per heavy atom. The van der Waals surface area contributed by atoms with E-state index in [9.17, 15) is 4.79 Å². The summed E-state index contributed by atoms with van der Waals surface area (Å²) >= 11 is 0. The van der Waals surface area contributed by atoms with Crippen molar-refractivity contribution in [2.75, 3.05) is 13.1 Å². The molecule has 0 saturated carbocycles. The summed E-state index contributed by atoms with van der Waals surface area (Å²) < 4.78 is 0. The molecule has 3 rings (SSSR count). The molecule has 0 bridgehead atoms. The Morgan fingerprint density at radius 3 is 2.76 bits per heavy atom. The SMILES string of the molecule is Cc1ccc(CC(=O)N(Cc2ccccn2)C2CCCNCC2)cc1. The molecule has 1 atom stereocenters. The van der Waals surface area contributed by atoms with Crippen LogP contribution < -0.4 is 5.32 Å². The normalized spacial score (nSPS) is 17.7. The van der Waals surface area contributed by atoms with Gasteiger partial charge in [-0.1, -0.05) is 35.9 Å². The van der Waals surface area contributed by atoms with Crippen LogP contribution in [0.4, 0.5) is 0 Å². The molecule has 2 aromatic rings. The molecule has 1 aromatic carbocycles. The Balaban J connectivity index is 1.76. The van der Waals surface area contributed by atoms with Gasteiger partial charge in [-0.15, -0.1) is 0 Å². The van der Waals surface area contributed by atoms with Crippen LogP contribution in [0.25, 0.3) is 0 Å². The van der Waals surface area contributed by atoms with Crippen molar-refractivity contribution in [3.63, 3.8) is 0 Å². The molecular formula is C21H27N3O. The van der Waals surface area contributed by atoms with Crippen LogP contribution >= 0.6 is 0 Å². The van der Waals surface area contributed by atoms with Gasteiger partial charge in [0.2, 0.25) is 5.91 Å². The maximum absolute atomic E-state index is 13.1. The maximum Gasteiger partial charge on any atom is 0.227 e. The third-order valence-electron chi connectivity index (χ3n) is 4.84. The van der Waals surface area contributed by atoms with Crippen LogP contribution in [0.15, 0.2) is 48.7 Å². The van der Waals surface area contributed by atoms with Gasteiger partial charge >= 0.3 is 0 Å². The van der Waals surface area contributed by atoms with Crippen molar-refractivity contribution < 1.29 is 4.79 Å². The second-order valence-corrected chi connectivity index (χ2v) is 6.84. The van der Waals surface area contributed by atoms with Crippen LogP contribution in [0.2, 0.25) is 0 Å². The van der Waals surface area contributed by atoms with Crippen LogP contribution in [0.3, 0.4) is 0 Å². The number of aryl methyl sites for hydroxylation is 1. The van der Waals surface area contributed by atoms with Gasteiger partial charge in [-0.2, -0.15) is 0 Å². The van der Waals surface area contributed by atoms with E-state index >= 15 is 0 Å². The van der Waals surface area contributed by atoms with Crippen LogP contribution in [-0.4, -0.2) is 34.9 Å². The first-order chi connectivity index (χ1) is 12.2. The van der Waals surface area contributed by atoms with E-state index < -0.39 is 0 Å². The van der Waals surface area contributed by atoms with Gasteiger partial charge in [-0.05, 0) is 57.0 Å². The molecule has 25 heavy (non-hydrogen) atoms. The molecular weight excluding hydrogens is 310 g/mol. The van der Waals surface area contributed by atoms with Crippen LogP contribution in [0.5, 0.6) is 0 Å². The van der Waals surface area contributed by atoms with E-state index in [4.69, 9.17) is 0 Å². The summed E-state index contributed by atoms with van der Waals surface area (Å²) in [7, 11) is 0. The molecule has 1 unspecified atom stereocenters. The number of pyridine rings is 1. The average Bonchev–Trinajstić information content (AvgIpc) is 2.92. The Hall–Kier alpha value is -2.20. The minimum atomic E-state index is 0.196. The molecule has 1 fully saturated rings. The van der Waals surface area contributed by atoms with E-state index in [1.807, 2.05) is 18.2 Å². The van der Waals surface area contributed by atoms with Crippen LogP contribution in [0, 0.1) is 6.92 Å². The van der Waals surface area contributed by atoms with Crippen LogP contribution in [0.1, 0.15) is 36.1 Å². The van der Waals surface area contributed by atoms with Gasteiger partial charge < -0.3 is 10.2 Å². The number of amides is 1. The number of hydrogen-bond acceptors (Lipinski definition) is 3. The zero-order valence-electron chi connectivity index (χ0n) is 14.9. The van der Waals surface area contributed by atoms with Gasteiger partial charge in [0.1, 0.15) is 0 Å². The van der Waals surface area contributed by atoms with Crippen molar-refractivity contribution in [2.24, 2.45) is 0 Å². The lowest BCUT2D eigenvalue weighted by Crippen LogP contribution is -2.41. The first kappa shape index (κ1) is 17.6. The fourth-order valence-corrected chi connectivity index (χ4v) is 3.38.